The maximum Gasteiger partial charge on any atom is 0.269 e. The molecule has 0 bridgehead atoms. The van der Waals surface area contributed by atoms with Crippen LogP contribution in [0, 0.1) is 0 Å². The first kappa shape index (κ1) is 11.8. The number of hydrogen-bond acceptors (Lipinski definition) is 4. The molecule has 2 aromatic heterocycles. The van der Waals surface area contributed by atoms with Gasteiger partial charge in [0.15, 0.2) is 0 Å². The van der Waals surface area contributed by atoms with E-state index in [-0.39, 0.29) is 5.91 Å². The summed E-state index contributed by atoms with van der Waals surface area (Å²) in [5.74, 6) is -0.127. The molecule has 0 aliphatic carbocycles. The van der Waals surface area contributed by atoms with Gasteiger partial charge in [-0.25, -0.2) is 9.97 Å². The van der Waals surface area contributed by atoms with Gasteiger partial charge in [0.1, 0.15) is 10.7 Å². The number of carbonyl (C=O) groups is 1. The molecule has 0 radical (unpaired) electrons. The summed E-state index contributed by atoms with van der Waals surface area (Å²) in [6, 6.07) is 0. The van der Waals surface area contributed by atoms with Gasteiger partial charge in [0.25, 0.3) is 5.91 Å². The van der Waals surface area contributed by atoms with E-state index in [2.05, 4.69) is 22.2 Å². The minimum atomic E-state index is -0.127. The summed E-state index contributed by atoms with van der Waals surface area (Å²) in [5, 5.41) is 5.78. The number of aryl methyl sites for hydroxylation is 2. The molecule has 0 unspecified atom stereocenters. The maximum absolute atomic E-state index is 11.8. The number of rotatable bonds is 4. The fourth-order valence-corrected chi connectivity index (χ4v) is 2.23. The summed E-state index contributed by atoms with van der Waals surface area (Å²) >= 11 is 1.57. The van der Waals surface area contributed by atoms with Gasteiger partial charge in [-0.2, -0.15) is 0 Å². The van der Waals surface area contributed by atoms with Crippen LogP contribution in [0.4, 0.5) is 0 Å². The molecule has 0 fully saturated rings. The highest BCUT2D eigenvalue weighted by Crippen LogP contribution is 2.10. The number of aromatic nitrogens is 3. The molecule has 2 heterocycles. The lowest BCUT2D eigenvalue weighted by Crippen LogP contribution is -2.24. The van der Waals surface area contributed by atoms with Crippen LogP contribution < -0.4 is 5.32 Å². The predicted octanol–water partition coefficient (Wildman–Crippen LogP) is 1.37. The third kappa shape index (κ3) is 2.71. The highest BCUT2D eigenvalue weighted by atomic mass is 32.1. The summed E-state index contributed by atoms with van der Waals surface area (Å²) in [6.45, 7) is 2.53. The van der Waals surface area contributed by atoms with E-state index in [0.29, 0.717) is 12.2 Å². The molecular weight excluding hydrogens is 236 g/mol. The Morgan fingerprint density at radius 3 is 3.00 bits per heavy atom. The molecule has 0 aromatic carbocycles. The van der Waals surface area contributed by atoms with Crippen molar-refractivity contribution < 1.29 is 4.79 Å². The van der Waals surface area contributed by atoms with Crippen LogP contribution in [0.5, 0.6) is 0 Å². The monoisotopic (exact) mass is 250 g/mol. The largest absolute Gasteiger partial charge is 0.344 e. The predicted molar refractivity (Wildman–Crippen MR) is 65.9 cm³/mol. The first-order chi connectivity index (χ1) is 8.20. The van der Waals surface area contributed by atoms with E-state index in [4.69, 9.17) is 0 Å². The number of amides is 1. The molecule has 0 saturated carbocycles. The molecule has 2 aromatic rings. The highest BCUT2D eigenvalue weighted by Gasteiger charge is 2.10. The Labute approximate surface area is 104 Å². The Hall–Kier alpha value is -1.69. The molecule has 90 valence electrons. The van der Waals surface area contributed by atoms with Gasteiger partial charge in [-0.15, -0.1) is 11.3 Å². The lowest BCUT2D eigenvalue weighted by molar-refractivity contribution is 0.0942. The molecule has 2 rings (SSSR count). The Kier molecular flexibility index (Phi) is 3.53. The van der Waals surface area contributed by atoms with Crippen molar-refractivity contribution in [3.05, 3.63) is 34.3 Å². The lowest BCUT2D eigenvalue weighted by atomic mass is 10.4. The van der Waals surface area contributed by atoms with Gasteiger partial charge in [-0.1, -0.05) is 6.92 Å². The molecule has 0 atom stereocenters. The average molecular weight is 250 g/mol. The zero-order chi connectivity index (χ0) is 12.3. The van der Waals surface area contributed by atoms with Crippen LogP contribution >= 0.6 is 11.3 Å². The number of hydrogen-bond donors (Lipinski definition) is 1. The molecule has 6 heteroatoms. The Balaban J connectivity index is 1.94. The first-order valence-corrected chi connectivity index (χ1v) is 6.26. The third-order valence-corrected chi connectivity index (χ3v) is 3.31. The number of thiazole rings is 1. The van der Waals surface area contributed by atoms with E-state index >= 15 is 0 Å². The van der Waals surface area contributed by atoms with E-state index in [1.165, 1.54) is 0 Å². The standard InChI is InChI=1S/C11H14N4OS/c1-3-8-6-17-10(14-8)5-13-11(16)9-4-12-7-15(9)2/h4,6-7H,3,5H2,1-2H3,(H,13,16). The normalized spacial score (nSPS) is 10.5. The van der Waals surface area contributed by atoms with Gasteiger partial charge in [0.05, 0.1) is 24.8 Å². The van der Waals surface area contributed by atoms with Crippen molar-refractivity contribution in [2.75, 3.05) is 0 Å². The Bertz CT molecular complexity index is 517. The van der Waals surface area contributed by atoms with Gasteiger partial charge in [0.2, 0.25) is 0 Å². The van der Waals surface area contributed by atoms with E-state index in [1.807, 2.05) is 5.38 Å². The van der Waals surface area contributed by atoms with Crippen molar-refractivity contribution in [1.29, 1.82) is 0 Å². The minimum absolute atomic E-state index is 0.127. The van der Waals surface area contributed by atoms with Crippen molar-refractivity contribution in [3.8, 4) is 0 Å². The van der Waals surface area contributed by atoms with Gasteiger partial charge in [-0.3, -0.25) is 4.79 Å². The molecule has 0 spiro atoms. The van der Waals surface area contributed by atoms with Gasteiger partial charge >= 0.3 is 0 Å². The summed E-state index contributed by atoms with van der Waals surface area (Å²) < 4.78 is 1.69. The first-order valence-electron chi connectivity index (χ1n) is 5.38. The summed E-state index contributed by atoms with van der Waals surface area (Å²) in [4.78, 5) is 20.1. The lowest BCUT2D eigenvalue weighted by Gasteiger charge is -2.02. The van der Waals surface area contributed by atoms with Crippen molar-refractivity contribution in [3.63, 3.8) is 0 Å². The zero-order valence-corrected chi connectivity index (χ0v) is 10.6. The van der Waals surface area contributed by atoms with Gasteiger partial charge in [-0.05, 0) is 6.42 Å². The topological polar surface area (TPSA) is 59.8 Å². The van der Waals surface area contributed by atoms with Crippen LogP contribution in [-0.4, -0.2) is 20.4 Å². The SMILES string of the molecule is CCc1csc(CNC(=O)c2cncn2C)n1. The van der Waals surface area contributed by atoms with Crippen LogP contribution in [0.3, 0.4) is 0 Å². The Morgan fingerprint density at radius 1 is 1.59 bits per heavy atom. The average Bonchev–Trinajstić information content (AvgIpc) is 2.94. The summed E-state index contributed by atoms with van der Waals surface area (Å²) in [5.41, 5.74) is 1.62. The van der Waals surface area contributed by atoms with Crippen molar-refractivity contribution in [1.82, 2.24) is 19.9 Å². The third-order valence-electron chi connectivity index (χ3n) is 2.41. The highest BCUT2D eigenvalue weighted by molar-refractivity contribution is 7.09. The molecule has 1 amide bonds. The van der Waals surface area contributed by atoms with Crippen LogP contribution in [0.25, 0.3) is 0 Å². The fraction of sp³-hybridized carbons (Fsp3) is 0.364. The van der Waals surface area contributed by atoms with Crippen LogP contribution in [-0.2, 0) is 20.0 Å². The van der Waals surface area contributed by atoms with E-state index < -0.39 is 0 Å². The number of carbonyl (C=O) groups excluding carboxylic acids is 1. The van der Waals surface area contributed by atoms with Gasteiger partial charge < -0.3 is 9.88 Å². The maximum atomic E-state index is 11.8. The van der Waals surface area contributed by atoms with Crippen molar-refractivity contribution >= 4 is 17.2 Å². The molecule has 17 heavy (non-hydrogen) atoms. The number of nitrogens with one attached hydrogen (secondary N) is 1. The molecule has 0 aliphatic heterocycles. The summed E-state index contributed by atoms with van der Waals surface area (Å²) in [7, 11) is 1.79. The molecule has 0 aliphatic rings. The second-order valence-corrected chi connectivity index (χ2v) is 4.60. The summed E-state index contributed by atoms with van der Waals surface area (Å²) in [6.07, 6.45) is 4.08. The number of nitrogens with zero attached hydrogens (tertiary/aromatic N) is 3. The molecule has 5 nitrogen and oxygen atoms in total. The fourth-order valence-electron chi connectivity index (χ4n) is 1.41. The van der Waals surface area contributed by atoms with E-state index in [0.717, 1.165) is 17.1 Å². The van der Waals surface area contributed by atoms with E-state index in [9.17, 15) is 4.79 Å². The molecule has 1 N–H and O–H groups in total. The van der Waals surface area contributed by atoms with Crippen LogP contribution in [0.15, 0.2) is 17.9 Å². The number of imidazole rings is 1. The second-order valence-electron chi connectivity index (χ2n) is 3.66. The van der Waals surface area contributed by atoms with Crippen molar-refractivity contribution in [2.24, 2.45) is 7.05 Å². The smallest absolute Gasteiger partial charge is 0.269 e. The van der Waals surface area contributed by atoms with Gasteiger partial charge in [0, 0.05) is 12.4 Å². The molecular formula is C11H14N4OS. The quantitative estimate of drug-likeness (QED) is 0.891. The van der Waals surface area contributed by atoms with Crippen LogP contribution in [0.1, 0.15) is 28.1 Å². The zero-order valence-electron chi connectivity index (χ0n) is 9.80. The Morgan fingerprint density at radius 2 is 2.41 bits per heavy atom. The van der Waals surface area contributed by atoms with E-state index in [1.54, 1.807) is 35.5 Å². The molecule has 0 saturated heterocycles. The minimum Gasteiger partial charge on any atom is -0.344 e. The van der Waals surface area contributed by atoms with Crippen LogP contribution in [0.2, 0.25) is 0 Å². The van der Waals surface area contributed by atoms with Crippen molar-refractivity contribution in [2.45, 2.75) is 19.9 Å². The second kappa shape index (κ2) is 5.09.